The molecule has 1 heterocycles. The van der Waals surface area contributed by atoms with Crippen molar-refractivity contribution in [1.29, 1.82) is 0 Å². The Labute approximate surface area is 114 Å². The average Bonchev–Trinajstić information content (AvgIpc) is 2.96. The Bertz CT molecular complexity index is 655. The molecule has 3 rings (SSSR count). The third-order valence-electron chi connectivity index (χ3n) is 3.37. The van der Waals surface area contributed by atoms with Gasteiger partial charge in [-0.15, -0.1) is 0 Å². The molecule has 0 unspecified atom stereocenters. The smallest absolute Gasteiger partial charge is 0.319 e. The van der Waals surface area contributed by atoms with E-state index in [4.69, 9.17) is 0 Å². The molecule has 0 atom stereocenters. The Hall–Kier alpha value is -1.82. The standard InChI is InChI=1S/C13H15N3O2S/c17-12(14-8-3-1-2-4-8)15-9-5-6-10-11(7-9)19-13(18)16-10/h5-8H,1-4H2,(H,16,18)(H2,14,15,17). The minimum absolute atomic E-state index is 0.0810. The zero-order valence-corrected chi connectivity index (χ0v) is 11.2. The summed E-state index contributed by atoms with van der Waals surface area (Å²) < 4.78 is 0.851. The lowest BCUT2D eigenvalue weighted by Crippen LogP contribution is -2.36. The normalized spacial score (nSPS) is 15.8. The Morgan fingerprint density at radius 1 is 1.32 bits per heavy atom. The molecule has 1 fully saturated rings. The fourth-order valence-corrected chi connectivity index (χ4v) is 3.22. The van der Waals surface area contributed by atoms with Crippen molar-refractivity contribution >= 4 is 33.3 Å². The van der Waals surface area contributed by atoms with Crippen molar-refractivity contribution in [3.8, 4) is 0 Å². The number of urea groups is 1. The summed E-state index contributed by atoms with van der Waals surface area (Å²) in [5.41, 5.74) is 1.51. The van der Waals surface area contributed by atoms with E-state index < -0.39 is 0 Å². The molecule has 0 aliphatic heterocycles. The first-order chi connectivity index (χ1) is 9.20. The molecule has 0 bridgehead atoms. The summed E-state index contributed by atoms with van der Waals surface area (Å²) in [5.74, 6) is 0. The zero-order valence-electron chi connectivity index (χ0n) is 10.4. The Balaban J connectivity index is 1.69. The summed E-state index contributed by atoms with van der Waals surface area (Å²) in [4.78, 5) is 25.7. The van der Waals surface area contributed by atoms with Crippen LogP contribution in [0.3, 0.4) is 0 Å². The highest BCUT2D eigenvalue weighted by molar-refractivity contribution is 7.16. The number of aromatic amines is 1. The summed E-state index contributed by atoms with van der Waals surface area (Å²) in [7, 11) is 0. The number of fused-ring (bicyclic) bond motifs is 1. The topological polar surface area (TPSA) is 74.0 Å². The third-order valence-corrected chi connectivity index (χ3v) is 4.21. The molecular formula is C13H15N3O2S. The van der Waals surface area contributed by atoms with Crippen LogP contribution in [0, 0.1) is 0 Å². The number of H-pyrrole nitrogens is 1. The van der Waals surface area contributed by atoms with E-state index >= 15 is 0 Å². The van der Waals surface area contributed by atoms with Crippen LogP contribution in [-0.2, 0) is 0 Å². The van der Waals surface area contributed by atoms with Gasteiger partial charge in [-0.05, 0) is 31.0 Å². The summed E-state index contributed by atoms with van der Waals surface area (Å²) >= 11 is 1.14. The van der Waals surface area contributed by atoms with Gasteiger partial charge in [0.25, 0.3) is 0 Å². The van der Waals surface area contributed by atoms with Crippen LogP contribution in [-0.4, -0.2) is 17.1 Å². The van der Waals surface area contributed by atoms with Gasteiger partial charge < -0.3 is 15.6 Å². The Morgan fingerprint density at radius 3 is 2.89 bits per heavy atom. The van der Waals surface area contributed by atoms with Gasteiger partial charge in [-0.25, -0.2) is 4.79 Å². The molecule has 0 radical (unpaired) electrons. The Kier molecular flexibility index (Phi) is 3.25. The molecule has 2 amide bonds. The number of nitrogens with one attached hydrogen (secondary N) is 3. The van der Waals surface area contributed by atoms with Crippen LogP contribution < -0.4 is 15.5 Å². The van der Waals surface area contributed by atoms with Crippen LogP contribution in [0.25, 0.3) is 10.2 Å². The molecule has 3 N–H and O–H groups in total. The molecule has 19 heavy (non-hydrogen) atoms. The van der Waals surface area contributed by atoms with Crippen LogP contribution in [0.1, 0.15) is 25.7 Å². The van der Waals surface area contributed by atoms with E-state index in [0.29, 0.717) is 11.7 Å². The summed E-state index contributed by atoms with van der Waals surface area (Å²) in [6.45, 7) is 0. The second-order valence-electron chi connectivity index (χ2n) is 4.81. The highest BCUT2D eigenvalue weighted by Gasteiger charge is 2.17. The number of hydrogen-bond donors (Lipinski definition) is 3. The first-order valence-corrected chi connectivity index (χ1v) is 7.23. The monoisotopic (exact) mass is 277 g/mol. The number of aromatic nitrogens is 1. The fourth-order valence-electron chi connectivity index (χ4n) is 2.45. The molecular weight excluding hydrogens is 262 g/mol. The zero-order chi connectivity index (χ0) is 13.2. The minimum atomic E-state index is -0.172. The average molecular weight is 277 g/mol. The number of hydrogen-bond acceptors (Lipinski definition) is 3. The molecule has 1 aliphatic rings. The van der Waals surface area contributed by atoms with Gasteiger partial charge in [0.2, 0.25) is 0 Å². The maximum atomic E-state index is 11.8. The SMILES string of the molecule is O=C(Nc1ccc2[nH]c(=O)sc2c1)NC1CCCC1. The van der Waals surface area contributed by atoms with E-state index in [2.05, 4.69) is 15.6 Å². The van der Waals surface area contributed by atoms with Crippen LogP contribution >= 0.6 is 11.3 Å². The molecule has 0 saturated heterocycles. The van der Waals surface area contributed by atoms with E-state index in [1.54, 1.807) is 12.1 Å². The minimum Gasteiger partial charge on any atom is -0.335 e. The summed E-state index contributed by atoms with van der Waals surface area (Å²) in [6, 6.07) is 5.53. The highest BCUT2D eigenvalue weighted by atomic mass is 32.1. The maximum Gasteiger partial charge on any atom is 0.319 e. The van der Waals surface area contributed by atoms with E-state index in [1.807, 2.05) is 6.07 Å². The quantitative estimate of drug-likeness (QED) is 0.789. The van der Waals surface area contributed by atoms with Crippen LogP contribution in [0.2, 0.25) is 0 Å². The van der Waals surface area contributed by atoms with E-state index in [0.717, 1.165) is 34.4 Å². The van der Waals surface area contributed by atoms with Gasteiger partial charge in [0, 0.05) is 11.7 Å². The lowest BCUT2D eigenvalue weighted by Gasteiger charge is -2.12. The predicted molar refractivity (Wildman–Crippen MR) is 76.9 cm³/mol. The van der Waals surface area contributed by atoms with Gasteiger partial charge in [0.15, 0.2) is 0 Å². The van der Waals surface area contributed by atoms with Crippen molar-refractivity contribution in [3.05, 3.63) is 27.9 Å². The van der Waals surface area contributed by atoms with Crippen molar-refractivity contribution in [2.24, 2.45) is 0 Å². The number of rotatable bonds is 2. The molecule has 1 aliphatic carbocycles. The van der Waals surface area contributed by atoms with Gasteiger partial charge in [0.1, 0.15) is 0 Å². The van der Waals surface area contributed by atoms with E-state index in [1.165, 1.54) is 12.8 Å². The van der Waals surface area contributed by atoms with E-state index in [-0.39, 0.29) is 10.9 Å². The Morgan fingerprint density at radius 2 is 2.11 bits per heavy atom. The number of amides is 2. The largest absolute Gasteiger partial charge is 0.335 e. The van der Waals surface area contributed by atoms with Gasteiger partial charge in [-0.2, -0.15) is 0 Å². The fraction of sp³-hybridized carbons (Fsp3) is 0.385. The number of thiazole rings is 1. The van der Waals surface area contributed by atoms with E-state index in [9.17, 15) is 9.59 Å². The first kappa shape index (κ1) is 12.2. The third kappa shape index (κ3) is 2.78. The van der Waals surface area contributed by atoms with Crippen molar-refractivity contribution < 1.29 is 4.79 Å². The number of carbonyl (C=O) groups excluding carboxylic acids is 1. The van der Waals surface area contributed by atoms with Crippen LogP contribution in [0.4, 0.5) is 10.5 Å². The number of anilines is 1. The summed E-state index contributed by atoms with van der Waals surface area (Å²) in [5, 5.41) is 5.78. The molecule has 2 aromatic rings. The van der Waals surface area contributed by atoms with Crippen LogP contribution in [0.5, 0.6) is 0 Å². The summed E-state index contributed by atoms with van der Waals surface area (Å²) in [6.07, 6.45) is 4.50. The molecule has 1 aromatic carbocycles. The number of benzene rings is 1. The van der Waals surface area contributed by atoms with Crippen LogP contribution in [0.15, 0.2) is 23.0 Å². The van der Waals surface area contributed by atoms with Gasteiger partial charge >= 0.3 is 10.9 Å². The molecule has 5 nitrogen and oxygen atoms in total. The lowest BCUT2D eigenvalue weighted by atomic mass is 10.2. The van der Waals surface area contributed by atoms with Crippen molar-refractivity contribution in [1.82, 2.24) is 10.3 Å². The van der Waals surface area contributed by atoms with Crippen molar-refractivity contribution in [2.45, 2.75) is 31.7 Å². The maximum absolute atomic E-state index is 11.8. The van der Waals surface area contributed by atoms with Gasteiger partial charge in [-0.3, -0.25) is 4.79 Å². The molecule has 0 spiro atoms. The molecule has 100 valence electrons. The number of carbonyl (C=O) groups is 1. The molecule has 6 heteroatoms. The molecule has 1 saturated carbocycles. The van der Waals surface area contributed by atoms with Crippen molar-refractivity contribution in [2.75, 3.05) is 5.32 Å². The molecule has 1 aromatic heterocycles. The second kappa shape index (κ2) is 5.05. The highest BCUT2D eigenvalue weighted by Crippen LogP contribution is 2.20. The van der Waals surface area contributed by atoms with Gasteiger partial charge in [-0.1, -0.05) is 24.2 Å². The predicted octanol–water partition coefficient (Wildman–Crippen LogP) is 2.65. The first-order valence-electron chi connectivity index (χ1n) is 6.41. The van der Waals surface area contributed by atoms with Gasteiger partial charge in [0.05, 0.1) is 10.2 Å². The lowest BCUT2D eigenvalue weighted by molar-refractivity contribution is 0.248. The second-order valence-corrected chi connectivity index (χ2v) is 5.82. The van der Waals surface area contributed by atoms with Crippen molar-refractivity contribution in [3.63, 3.8) is 0 Å².